The Bertz CT molecular complexity index is 776. The largest absolute Gasteiger partial charge is 0.507 e. The van der Waals surface area contributed by atoms with E-state index in [9.17, 15) is 10.2 Å². The fraction of sp³-hybridized carbons (Fsp3) is 0.133. The summed E-state index contributed by atoms with van der Waals surface area (Å²) in [4.78, 5) is 4.49. The van der Waals surface area contributed by atoms with Gasteiger partial charge in [0.05, 0.1) is 11.0 Å². The predicted molar refractivity (Wildman–Crippen MR) is 79.2 cm³/mol. The zero-order valence-corrected chi connectivity index (χ0v) is 11.6. The molecule has 2 aromatic carbocycles. The van der Waals surface area contributed by atoms with Gasteiger partial charge in [0.25, 0.3) is 0 Å². The molecule has 4 nitrogen and oxygen atoms in total. The second kappa shape index (κ2) is 4.72. The molecule has 2 N–H and O–H groups in total. The summed E-state index contributed by atoms with van der Waals surface area (Å²) in [6.07, 6.45) is 0. The summed E-state index contributed by atoms with van der Waals surface area (Å²) in [5.41, 5.74) is 1.98. The van der Waals surface area contributed by atoms with Crippen molar-refractivity contribution in [3.63, 3.8) is 0 Å². The van der Waals surface area contributed by atoms with E-state index >= 15 is 0 Å². The van der Waals surface area contributed by atoms with Gasteiger partial charge in [0.1, 0.15) is 22.9 Å². The lowest BCUT2D eigenvalue weighted by atomic mass is 10.1. The number of imidazole rings is 1. The standard InChI is InChI=1S/C15H13ClN2O2/c1-2-18-11-7-6-9(16)8-10(11)17-15(18)14-12(19)4-3-5-13(14)20/h3-8,19-20H,2H2,1H3. The Hall–Kier alpha value is -2.20. The molecule has 0 aliphatic heterocycles. The van der Waals surface area contributed by atoms with Crippen LogP contribution in [0.25, 0.3) is 22.4 Å². The minimum absolute atomic E-state index is 0.00102. The summed E-state index contributed by atoms with van der Waals surface area (Å²) in [6, 6.07) is 10.1. The summed E-state index contributed by atoms with van der Waals surface area (Å²) in [5, 5.41) is 20.6. The van der Waals surface area contributed by atoms with Crippen molar-refractivity contribution in [3.05, 3.63) is 41.4 Å². The van der Waals surface area contributed by atoms with Crippen molar-refractivity contribution in [2.24, 2.45) is 0 Å². The molecule has 0 saturated heterocycles. The van der Waals surface area contributed by atoms with Gasteiger partial charge < -0.3 is 14.8 Å². The Morgan fingerprint density at radius 3 is 2.50 bits per heavy atom. The van der Waals surface area contributed by atoms with E-state index in [1.54, 1.807) is 18.2 Å². The zero-order chi connectivity index (χ0) is 14.3. The first-order chi connectivity index (χ1) is 9.61. The van der Waals surface area contributed by atoms with Crippen molar-refractivity contribution in [1.29, 1.82) is 0 Å². The van der Waals surface area contributed by atoms with Crippen LogP contribution in [-0.4, -0.2) is 19.8 Å². The third-order valence-electron chi connectivity index (χ3n) is 3.27. The van der Waals surface area contributed by atoms with E-state index in [0.29, 0.717) is 23.0 Å². The van der Waals surface area contributed by atoms with Gasteiger partial charge in [0, 0.05) is 11.6 Å². The number of aromatic hydroxyl groups is 2. The normalized spacial score (nSPS) is 11.1. The molecule has 0 fully saturated rings. The predicted octanol–water partition coefficient (Wildman–Crippen LogP) is 3.79. The summed E-state index contributed by atoms with van der Waals surface area (Å²) in [7, 11) is 0. The first kappa shape index (κ1) is 12.8. The monoisotopic (exact) mass is 288 g/mol. The van der Waals surface area contributed by atoms with Gasteiger partial charge in [0.15, 0.2) is 0 Å². The molecule has 102 valence electrons. The van der Waals surface area contributed by atoms with Gasteiger partial charge in [-0.25, -0.2) is 4.98 Å². The Morgan fingerprint density at radius 2 is 1.85 bits per heavy atom. The number of aromatic nitrogens is 2. The fourth-order valence-corrected chi connectivity index (χ4v) is 2.54. The minimum atomic E-state index is 0.00102. The SMILES string of the molecule is CCn1c(-c2c(O)cccc2O)nc2cc(Cl)ccc21. The number of nitrogens with zero attached hydrogens (tertiary/aromatic N) is 2. The molecule has 20 heavy (non-hydrogen) atoms. The molecular formula is C15H13ClN2O2. The molecule has 0 radical (unpaired) electrons. The molecule has 0 bridgehead atoms. The molecule has 0 amide bonds. The smallest absolute Gasteiger partial charge is 0.148 e. The summed E-state index contributed by atoms with van der Waals surface area (Å²) in [6.45, 7) is 2.65. The molecule has 3 aromatic rings. The van der Waals surface area contributed by atoms with E-state index in [0.717, 1.165) is 11.0 Å². The number of hydrogen-bond donors (Lipinski definition) is 2. The van der Waals surface area contributed by atoms with Crippen molar-refractivity contribution in [1.82, 2.24) is 9.55 Å². The highest BCUT2D eigenvalue weighted by Crippen LogP contribution is 2.38. The minimum Gasteiger partial charge on any atom is -0.507 e. The average molecular weight is 289 g/mol. The number of benzene rings is 2. The van der Waals surface area contributed by atoms with Crippen LogP contribution in [0.4, 0.5) is 0 Å². The van der Waals surface area contributed by atoms with Crippen LogP contribution in [0.15, 0.2) is 36.4 Å². The van der Waals surface area contributed by atoms with Crippen molar-refractivity contribution in [2.75, 3.05) is 0 Å². The summed E-state index contributed by atoms with van der Waals surface area (Å²) >= 11 is 5.98. The molecule has 0 aliphatic carbocycles. The zero-order valence-electron chi connectivity index (χ0n) is 10.8. The number of aryl methyl sites for hydroxylation is 1. The van der Waals surface area contributed by atoms with Gasteiger partial charge in [-0.2, -0.15) is 0 Å². The third kappa shape index (κ3) is 1.89. The van der Waals surface area contributed by atoms with Crippen LogP contribution in [0, 0.1) is 0 Å². The van der Waals surface area contributed by atoms with E-state index in [-0.39, 0.29) is 11.5 Å². The van der Waals surface area contributed by atoms with Crippen molar-refractivity contribution in [3.8, 4) is 22.9 Å². The van der Waals surface area contributed by atoms with Crippen LogP contribution in [0.5, 0.6) is 11.5 Å². The fourth-order valence-electron chi connectivity index (χ4n) is 2.37. The Labute approximate surface area is 120 Å². The van der Waals surface area contributed by atoms with E-state index in [4.69, 9.17) is 11.6 Å². The molecule has 0 unspecified atom stereocenters. The number of rotatable bonds is 2. The lowest BCUT2D eigenvalue weighted by molar-refractivity contribution is 0.453. The molecule has 0 aliphatic rings. The molecule has 0 saturated carbocycles. The van der Waals surface area contributed by atoms with E-state index in [2.05, 4.69) is 4.98 Å². The van der Waals surface area contributed by atoms with Gasteiger partial charge in [-0.05, 0) is 37.3 Å². The van der Waals surface area contributed by atoms with Crippen LogP contribution in [0.1, 0.15) is 6.92 Å². The Kier molecular flexibility index (Phi) is 3.03. The number of phenolic OH excluding ortho intramolecular Hbond substituents is 2. The molecule has 0 atom stereocenters. The lowest BCUT2D eigenvalue weighted by Gasteiger charge is -2.09. The maximum atomic E-state index is 10.0. The van der Waals surface area contributed by atoms with Crippen LogP contribution < -0.4 is 0 Å². The summed E-state index contributed by atoms with van der Waals surface area (Å²) < 4.78 is 1.93. The van der Waals surface area contributed by atoms with Crippen LogP contribution in [-0.2, 0) is 6.54 Å². The first-order valence-electron chi connectivity index (χ1n) is 6.29. The number of fused-ring (bicyclic) bond motifs is 1. The number of hydrogen-bond acceptors (Lipinski definition) is 3. The van der Waals surface area contributed by atoms with Crippen LogP contribution >= 0.6 is 11.6 Å². The highest BCUT2D eigenvalue weighted by atomic mass is 35.5. The van der Waals surface area contributed by atoms with Gasteiger partial charge >= 0.3 is 0 Å². The molecule has 5 heteroatoms. The number of halogens is 1. The van der Waals surface area contributed by atoms with Gasteiger partial charge in [-0.1, -0.05) is 17.7 Å². The quantitative estimate of drug-likeness (QED) is 0.754. The Morgan fingerprint density at radius 1 is 1.15 bits per heavy atom. The maximum absolute atomic E-state index is 10.0. The maximum Gasteiger partial charge on any atom is 0.148 e. The lowest BCUT2D eigenvalue weighted by Crippen LogP contribution is -1.97. The molecule has 1 heterocycles. The summed E-state index contributed by atoms with van der Waals surface area (Å²) in [5.74, 6) is 0.530. The van der Waals surface area contributed by atoms with Crippen molar-refractivity contribution < 1.29 is 10.2 Å². The average Bonchev–Trinajstić information content (AvgIpc) is 2.75. The topological polar surface area (TPSA) is 58.3 Å². The molecule has 1 aromatic heterocycles. The van der Waals surface area contributed by atoms with Crippen molar-refractivity contribution >= 4 is 22.6 Å². The molecule has 3 rings (SSSR count). The van der Waals surface area contributed by atoms with E-state index in [1.165, 1.54) is 12.1 Å². The van der Waals surface area contributed by atoms with Crippen molar-refractivity contribution in [2.45, 2.75) is 13.5 Å². The molecule has 0 spiro atoms. The first-order valence-corrected chi connectivity index (χ1v) is 6.66. The van der Waals surface area contributed by atoms with Crippen LogP contribution in [0.2, 0.25) is 5.02 Å². The van der Waals surface area contributed by atoms with Gasteiger partial charge in [0.2, 0.25) is 0 Å². The highest BCUT2D eigenvalue weighted by Gasteiger charge is 2.18. The second-order valence-corrected chi connectivity index (χ2v) is 4.92. The Balaban J connectivity index is 2.36. The third-order valence-corrected chi connectivity index (χ3v) is 3.51. The van der Waals surface area contributed by atoms with E-state index < -0.39 is 0 Å². The van der Waals surface area contributed by atoms with E-state index in [1.807, 2.05) is 17.6 Å². The number of phenols is 2. The highest BCUT2D eigenvalue weighted by molar-refractivity contribution is 6.31. The van der Waals surface area contributed by atoms with Gasteiger partial charge in [-0.15, -0.1) is 0 Å². The second-order valence-electron chi connectivity index (χ2n) is 4.48. The molecular weight excluding hydrogens is 276 g/mol. The van der Waals surface area contributed by atoms with Crippen LogP contribution in [0.3, 0.4) is 0 Å². The van der Waals surface area contributed by atoms with Gasteiger partial charge in [-0.3, -0.25) is 0 Å².